The summed E-state index contributed by atoms with van der Waals surface area (Å²) in [5, 5.41) is 5.85. The van der Waals surface area contributed by atoms with Crippen LogP contribution in [0, 0.1) is 0 Å². The molecule has 1 aromatic heterocycles. The average molecular weight is 394 g/mol. The Kier molecular flexibility index (Phi) is 5.81. The molecule has 0 aliphatic rings. The summed E-state index contributed by atoms with van der Waals surface area (Å²) in [6.07, 6.45) is 0. The molecular weight excluding hydrogens is 378 g/mol. The Morgan fingerprint density at radius 1 is 0.786 bits per heavy atom. The molecule has 6 nitrogen and oxygen atoms in total. The van der Waals surface area contributed by atoms with Crippen molar-refractivity contribution in [2.24, 2.45) is 0 Å². The van der Waals surface area contributed by atoms with Crippen LogP contribution in [-0.2, 0) is 0 Å². The van der Waals surface area contributed by atoms with Crippen molar-refractivity contribution in [1.29, 1.82) is 0 Å². The van der Waals surface area contributed by atoms with Gasteiger partial charge in [0.1, 0.15) is 11.4 Å². The Labute approximate surface area is 166 Å². The van der Waals surface area contributed by atoms with Gasteiger partial charge in [-0.05, 0) is 49.4 Å². The third kappa shape index (κ3) is 4.81. The second kappa shape index (κ2) is 8.45. The van der Waals surface area contributed by atoms with Crippen LogP contribution in [0.3, 0.4) is 0 Å². The SMILES string of the molecule is CC(=O)c1cccc(NC(=O)c2cccc(C(=O)Nc3cccc(Cl)c3)n2)c1. The third-order valence-corrected chi connectivity index (χ3v) is 4.06. The van der Waals surface area contributed by atoms with Gasteiger partial charge < -0.3 is 10.6 Å². The molecule has 28 heavy (non-hydrogen) atoms. The van der Waals surface area contributed by atoms with Crippen molar-refractivity contribution in [3.63, 3.8) is 0 Å². The van der Waals surface area contributed by atoms with Gasteiger partial charge in [-0.3, -0.25) is 14.4 Å². The Morgan fingerprint density at radius 3 is 1.89 bits per heavy atom. The van der Waals surface area contributed by atoms with Gasteiger partial charge in [-0.15, -0.1) is 0 Å². The second-order valence-corrected chi connectivity index (χ2v) is 6.40. The molecule has 7 heteroatoms. The fourth-order valence-electron chi connectivity index (χ4n) is 2.46. The summed E-state index contributed by atoms with van der Waals surface area (Å²) in [7, 11) is 0. The standard InChI is InChI=1S/C21H16ClN3O3/c1-13(26)14-5-2-7-16(11-14)23-20(27)18-9-4-10-19(25-18)21(28)24-17-8-3-6-15(22)12-17/h2-12H,1H3,(H,23,27)(H,24,28). The van der Waals surface area contributed by atoms with E-state index in [-0.39, 0.29) is 17.2 Å². The topological polar surface area (TPSA) is 88.2 Å². The van der Waals surface area contributed by atoms with Crippen molar-refractivity contribution in [3.8, 4) is 0 Å². The van der Waals surface area contributed by atoms with Crippen molar-refractivity contribution >= 4 is 40.6 Å². The lowest BCUT2D eigenvalue weighted by Gasteiger charge is -2.08. The number of benzene rings is 2. The molecule has 0 bridgehead atoms. The maximum atomic E-state index is 12.5. The Hall–Kier alpha value is -3.51. The summed E-state index contributed by atoms with van der Waals surface area (Å²) in [6, 6.07) is 17.9. The van der Waals surface area contributed by atoms with Crippen LogP contribution in [-0.4, -0.2) is 22.6 Å². The molecule has 3 rings (SSSR count). The van der Waals surface area contributed by atoms with E-state index in [1.165, 1.54) is 19.1 Å². The number of carbonyl (C=O) groups excluding carboxylic acids is 3. The van der Waals surface area contributed by atoms with E-state index in [4.69, 9.17) is 11.6 Å². The molecule has 2 amide bonds. The van der Waals surface area contributed by atoms with E-state index in [0.29, 0.717) is 22.0 Å². The Balaban J connectivity index is 1.75. The molecule has 2 aromatic carbocycles. The van der Waals surface area contributed by atoms with Gasteiger partial charge in [0.2, 0.25) is 0 Å². The van der Waals surface area contributed by atoms with Crippen LogP contribution in [0.2, 0.25) is 5.02 Å². The molecule has 0 aliphatic carbocycles. The lowest BCUT2D eigenvalue weighted by molar-refractivity contribution is 0.100. The van der Waals surface area contributed by atoms with E-state index >= 15 is 0 Å². The molecule has 2 N–H and O–H groups in total. The number of ketones is 1. The van der Waals surface area contributed by atoms with Gasteiger partial charge in [-0.25, -0.2) is 4.98 Å². The van der Waals surface area contributed by atoms with Crippen molar-refractivity contribution in [3.05, 3.63) is 88.7 Å². The monoisotopic (exact) mass is 393 g/mol. The number of amides is 2. The van der Waals surface area contributed by atoms with E-state index < -0.39 is 11.8 Å². The Morgan fingerprint density at radius 2 is 1.32 bits per heavy atom. The zero-order valence-electron chi connectivity index (χ0n) is 14.9. The number of nitrogens with zero attached hydrogens (tertiary/aromatic N) is 1. The lowest BCUT2D eigenvalue weighted by Crippen LogP contribution is -2.18. The number of Topliss-reactive ketones (excluding diaryl/α,β-unsaturated/α-hetero) is 1. The summed E-state index contributed by atoms with van der Waals surface area (Å²) >= 11 is 5.91. The highest BCUT2D eigenvalue weighted by Crippen LogP contribution is 2.16. The van der Waals surface area contributed by atoms with Crippen LogP contribution < -0.4 is 10.6 Å². The van der Waals surface area contributed by atoms with E-state index in [1.807, 2.05) is 0 Å². The van der Waals surface area contributed by atoms with Gasteiger partial charge >= 0.3 is 0 Å². The normalized spacial score (nSPS) is 10.2. The van der Waals surface area contributed by atoms with Crippen LogP contribution >= 0.6 is 11.6 Å². The first-order valence-electron chi connectivity index (χ1n) is 8.39. The minimum Gasteiger partial charge on any atom is -0.321 e. The summed E-state index contributed by atoms with van der Waals surface area (Å²) in [5.41, 5.74) is 1.64. The first-order valence-corrected chi connectivity index (χ1v) is 8.76. The molecule has 0 aliphatic heterocycles. The molecule has 0 fully saturated rings. The number of halogens is 1. The maximum Gasteiger partial charge on any atom is 0.274 e. The zero-order valence-corrected chi connectivity index (χ0v) is 15.7. The highest BCUT2D eigenvalue weighted by atomic mass is 35.5. The first kappa shape index (κ1) is 19.3. The van der Waals surface area contributed by atoms with Crippen LogP contribution in [0.15, 0.2) is 66.7 Å². The van der Waals surface area contributed by atoms with Gasteiger partial charge in [0.25, 0.3) is 11.8 Å². The number of rotatable bonds is 5. The van der Waals surface area contributed by atoms with Crippen molar-refractivity contribution in [2.45, 2.75) is 6.92 Å². The summed E-state index contributed by atoms with van der Waals surface area (Å²) in [5.74, 6) is -1.05. The molecule has 0 atom stereocenters. The highest BCUT2D eigenvalue weighted by Gasteiger charge is 2.13. The summed E-state index contributed by atoms with van der Waals surface area (Å²) in [4.78, 5) is 40.4. The molecule has 0 saturated heterocycles. The van der Waals surface area contributed by atoms with Gasteiger partial charge in [-0.2, -0.15) is 0 Å². The van der Waals surface area contributed by atoms with E-state index in [0.717, 1.165) is 0 Å². The second-order valence-electron chi connectivity index (χ2n) is 5.96. The lowest BCUT2D eigenvalue weighted by atomic mass is 10.1. The number of anilines is 2. The van der Waals surface area contributed by atoms with Gasteiger partial charge in [0.05, 0.1) is 0 Å². The minimum atomic E-state index is -0.488. The average Bonchev–Trinajstić information content (AvgIpc) is 2.68. The van der Waals surface area contributed by atoms with E-state index in [1.54, 1.807) is 54.6 Å². The smallest absolute Gasteiger partial charge is 0.274 e. The first-order chi connectivity index (χ1) is 13.4. The van der Waals surface area contributed by atoms with Crippen LogP contribution in [0.5, 0.6) is 0 Å². The minimum absolute atomic E-state index is 0.0759. The molecule has 3 aromatic rings. The largest absolute Gasteiger partial charge is 0.321 e. The molecule has 0 unspecified atom stereocenters. The van der Waals surface area contributed by atoms with E-state index in [9.17, 15) is 14.4 Å². The fraction of sp³-hybridized carbons (Fsp3) is 0.0476. The maximum absolute atomic E-state index is 12.5. The number of nitrogens with one attached hydrogen (secondary N) is 2. The number of carbonyl (C=O) groups is 3. The summed E-state index contributed by atoms with van der Waals surface area (Å²) in [6.45, 7) is 1.45. The Bertz CT molecular complexity index is 1070. The predicted molar refractivity (Wildman–Crippen MR) is 108 cm³/mol. The third-order valence-electron chi connectivity index (χ3n) is 3.82. The van der Waals surface area contributed by atoms with Crippen LogP contribution in [0.4, 0.5) is 11.4 Å². The molecule has 0 radical (unpaired) electrons. The van der Waals surface area contributed by atoms with Gasteiger partial charge in [-0.1, -0.05) is 35.9 Å². The van der Waals surface area contributed by atoms with Gasteiger partial charge in [0.15, 0.2) is 5.78 Å². The van der Waals surface area contributed by atoms with Crippen molar-refractivity contribution < 1.29 is 14.4 Å². The van der Waals surface area contributed by atoms with Crippen LogP contribution in [0.1, 0.15) is 38.3 Å². The van der Waals surface area contributed by atoms with Crippen molar-refractivity contribution in [1.82, 2.24) is 4.98 Å². The van der Waals surface area contributed by atoms with Crippen LogP contribution in [0.25, 0.3) is 0 Å². The molecular formula is C21H16ClN3O3. The quantitative estimate of drug-likeness (QED) is 0.627. The summed E-state index contributed by atoms with van der Waals surface area (Å²) < 4.78 is 0. The van der Waals surface area contributed by atoms with Crippen molar-refractivity contribution in [2.75, 3.05) is 10.6 Å². The predicted octanol–water partition coefficient (Wildman–Crippen LogP) is 4.44. The number of hydrogen-bond donors (Lipinski definition) is 2. The number of hydrogen-bond acceptors (Lipinski definition) is 4. The molecule has 1 heterocycles. The number of aromatic nitrogens is 1. The number of pyridine rings is 1. The molecule has 0 spiro atoms. The molecule has 0 saturated carbocycles. The highest BCUT2D eigenvalue weighted by molar-refractivity contribution is 6.31. The van der Waals surface area contributed by atoms with E-state index in [2.05, 4.69) is 15.6 Å². The molecule has 140 valence electrons. The van der Waals surface area contributed by atoms with Gasteiger partial charge in [0, 0.05) is 22.0 Å². The zero-order chi connectivity index (χ0) is 20.1. The fourth-order valence-corrected chi connectivity index (χ4v) is 2.65.